The average Bonchev–Trinajstić information content (AvgIpc) is 3.46. The molecule has 0 saturated carbocycles. The highest BCUT2D eigenvalue weighted by Gasteiger charge is 2.43. The molecular weight excluding hydrogens is 588 g/mol. The van der Waals surface area contributed by atoms with E-state index in [1.54, 1.807) is 26.2 Å². The molecule has 12 nitrogen and oxygen atoms in total. The normalized spacial score (nSPS) is 20.0. The van der Waals surface area contributed by atoms with Crippen molar-refractivity contribution in [2.24, 2.45) is 23.7 Å². The second-order valence-electron chi connectivity index (χ2n) is 14.3. The van der Waals surface area contributed by atoms with Crippen LogP contribution in [0.4, 0.5) is 0 Å². The molecule has 1 rings (SSSR count). The molecule has 0 aromatic rings. The van der Waals surface area contributed by atoms with Crippen LogP contribution in [0.2, 0.25) is 0 Å². The lowest BCUT2D eigenvalue weighted by Gasteiger charge is -2.41. The third-order valence-electron chi connectivity index (χ3n) is 9.52. The highest BCUT2D eigenvalue weighted by Crippen LogP contribution is 2.29. The molecule has 4 amide bonds. The predicted octanol–water partition coefficient (Wildman–Crippen LogP) is 2.27. The Bertz CT molecular complexity index is 968. The van der Waals surface area contributed by atoms with E-state index < -0.39 is 30.2 Å². The molecule has 12 heteroatoms. The molecule has 8 atom stereocenters. The summed E-state index contributed by atoms with van der Waals surface area (Å²) < 4.78 is 11.8. The summed E-state index contributed by atoms with van der Waals surface area (Å²) in [5, 5.41) is 5.96. The van der Waals surface area contributed by atoms with Crippen LogP contribution in [0.5, 0.6) is 0 Å². The van der Waals surface area contributed by atoms with Crippen LogP contribution >= 0.6 is 0 Å². The van der Waals surface area contributed by atoms with Crippen molar-refractivity contribution in [3.05, 3.63) is 0 Å². The molecule has 46 heavy (non-hydrogen) atoms. The summed E-state index contributed by atoms with van der Waals surface area (Å²) >= 11 is 0. The first kappa shape index (κ1) is 41.7. The molecule has 1 saturated heterocycles. The maximum atomic E-state index is 14.1. The van der Waals surface area contributed by atoms with Gasteiger partial charge >= 0.3 is 0 Å². The van der Waals surface area contributed by atoms with Crippen LogP contribution < -0.4 is 10.6 Å². The third-order valence-corrected chi connectivity index (χ3v) is 9.52. The number of hydrogen-bond acceptors (Lipinski definition) is 8. The van der Waals surface area contributed by atoms with Crippen LogP contribution in [0.15, 0.2) is 0 Å². The summed E-state index contributed by atoms with van der Waals surface area (Å²) in [6.45, 7) is 14.8. The molecule has 1 aliphatic heterocycles. The zero-order valence-corrected chi connectivity index (χ0v) is 31.3. The topological polar surface area (TPSA) is 124 Å². The Morgan fingerprint density at radius 3 is 1.96 bits per heavy atom. The number of hydrogen-bond donors (Lipinski definition) is 2. The number of amides is 4. The second kappa shape index (κ2) is 19.5. The fourth-order valence-corrected chi connectivity index (χ4v) is 6.81. The van der Waals surface area contributed by atoms with E-state index in [1.807, 2.05) is 77.5 Å². The highest BCUT2D eigenvalue weighted by atomic mass is 16.5. The molecule has 0 aromatic carbocycles. The van der Waals surface area contributed by atoms with E-state index in [4.69, 9.17) is 9.47 Å². The van der Waals surface area contributed by atoms with E-state index in [0.29, 0.717) is 13.2 Å². The fraction of sp³-hybridized carbons (Fsp3) is 0.882. The lowest BCUT2D eigenvalue weighted by molar-refractivity contribution is -0.148. The average molecular weight is 655 g/mol. The fourth-order valence-electron chi connectivity index (χ4n) is 6.81. The Kier molecular flexibility index (Phi) is 17.7. The van der Waals surface area contributed by atoms with Crippen molar-refractivity contribution in [3.63, 3.8) is 0 Å². The van der Waals surface area contributed by atoms with Crippen LogP contribution in [-0.2, 0) is 28.7 Å². The number of nitrogens with one attached hydrogen (secondary N) is 2. The summed E-state index contributed by atoms with van der Waals surface area (Å²) in [6.07, 6.45) is 1.35. The zero-order chi connectivity index (χ0) is 35.5. The van der Waals surface area contributed by atoms with Crippen molar-refractivity contribution >= 4 is 23.6 Å². The van der Waals surface area contributed by atoms with Gasteiger partial charge in [0.15, 0.2) is 0 Å². The minimum Gasteiger partial charge on any atom is -0.379 e. The Morgan fingerprint density at radius 2 is 1.50 bits per heavy atom. The van der Waals surface area contributed by atoms with Gasteiger partial charge in [0.05, 0.1) is 49.3 Å². The van der Waals surface area contributed by atoms with Crippen LogP contribution in [0, 0.1) is 23.7 Å². The molecule has 2 N–H and O–H groups in total. The van der Waals surface area contributed by atoms with E-state index in [0.717, 1.165) is 19.3 Å². The van der Waals surface area contributed by atoms with Gasteiger partial charge in [-0.2, -0.15) is 0 Å². The van der Waals surface area contributed by atoms with Gasteiger partial charge in [-0.15, -0.1) is 0 Å². The molecule has 0 spiro atoms. The number of methoxy groups -OCH3 is 2. The Morgan fingerprint density at radius 1 is 0.891 bits per heavy atom. The highest BCUT2D eigenvalue weighted by molar-refractivity contribution is 5.90. The Balaban J connectivity index is 3.24. The summed E-state index contributed by atoms with van der Waals surface area (Å²) in [5.74, 6) is -1.13. The largest absolute Gasteiger partial charge is 0.379 e. The molecule has 1 heterocycles. The molecule has 268 valence electrons. The SMILES string of the molecule is CC[C@H](C)[C@H]([C@H](CC(=O)N1CCC[C@@H]1[C@H](OC)[C@@H](C)C(=O)NCN(C)C)OC)N(C)C(=O)[C@H](NC(=O)[C@@H](C(C)C)N(C)C)C(C)C. The van der Waals surface area contributed by atoms with Crippen molar-refractivity contribution in [1.82, 2.24) is 30.2 Å². The van der Waals surface area contributed by atoms with E-state index in [9.17, 15) is 19.2 Å². The van der Waals surface area contributed by atoms with Gasteiger partial charge < -0.3 is 29.9 Å². The van der Waals surface area contributed by atoms with Gasteiger partial charge in [-0.05, 0) is 58.8 Å². The zero-order valence-electron chi connectivity index (χ0n) is 31.3. The van der Waals surface area contributed by atoms with Gasteiger partial charge in [0, 0.05) is 27.8 Å². The molecule has 0 bridgehead atoms. The minimum atomic E-state index is -0.732. The van der Waals surface area contributed by atoms with E-state index in [-0.39, 0.29) is 59.9 Å². The molecule has 0 aliphatic carbocycles. The first-order chi connectivity index (χ1) is 21.4. The smallest absolute Gasteiger partial charge is 0.245 e. The van der Waals surface area contributed by atoms with Crippen molar-refractivity contribution in [3.8, 4) is 0 Å². The van der Waals surface area contributed by atoms with Crippen LogP contribution in [0.3, 0.4) is 0 Å². The number of carbonyl (C=O) groups excluding carboxylic acids is 4. The molecular formula is C34H66N6O6. The van der Waals surface area contributed by atoms with Gasteiger partial charge in [0.1, 0.15) is 6.04 Å². The number of ether oxygens (including phenoxy) is 2. The quantitative estimate of drug-likeness (QED) is 0.204. The monoisotopic (exact) mass is 655 g/mol. The summed E-state index contributed by atoms with van der Waals surface area (Å²) in [6, 6.07) is -1.76. The van der Waals surface area contributed by atoms with Crippen LogP contribution in [-0.4, -0.2) is 142 Å². The molecule has 1 aliphatic rings. The first-order valence-electron chi connectivity index (χ1n) is 17.0. The molecule has 0 unspecified atom stereocenters. The molecule has 1 fully saturated rings. The molecule has 0 radical (unpaired) electrons. The van der Waals surface area contributed by atoms with E-state index in [1.165, 1.54) is 0 Å². The van der Waals surface area contributed by atoms with Gasteiger partial charge in [-0.1, -0.05) is 54.9 Å². The van der Waals surface area contributed by atoms with Crippen molar-refractivity contribution in [1.29, 1.82) is 0 Å². The summed E-state index contributed by atoms with van der Waals surface area (Å²) in [5.41, 5.74) is 0. The van der Waals surface area contributed by atoms with Gasteiger partial charge in [-0.3, -0.25) is 29.0 Å². The number of carbonyl (C=O) groups is 4. The Hall–Kier alpha value is -2.28. The standard InChI is InChI=1S/C34H66N6O6/c1-15-23(6)30(39(12)34(44)28(21(2)3)36-33(43)29(22(4)5)38(10)11)26(45-13)19-27(41)40-18-16-17-25(40)31(46-14)24(7)32(42)35-20-37(8)9/h21-26,28-31H,15-20H2,1-14H3,(H,35,42)(H,36,43)/t23-,24+,25+,26-,28+,29+,30+,31+/m0/s1. The third kappa shape index (κ3) is 11.2. The van der Waals surface area contributed by atoms with E-state index in [2.05, 4.69) is 24.5 Å². The number of likely N-dealkylation sites (N-methyl/N-ethyl adjacent to an activating group) is 2. The number of likely N-dealkylation sites (tertiary alicyclic amines) is 1. The lowest BCUT2D eigenvalue weighted by Crippen LogP contribution is -2.59. The molecule has 0 aromatic heterocycles. The van der Waals surface area contributed by atoms with E-state index >= 15 is 0 Å². The van der Waals surface area contributed by atoms with Crippen molar-refractivity contribution in [2.75, 3.05) is 62.7 Å². The number of nitrogens with zero attached hydrogens (tertiary/aromatic N) is 4. The Labute approximate surface area is 279 Å². The first-order valence-corrected chi connectivity index (χ1v) is 17.0. The summed E-state index contributed by atoms with van der Waals surface area (Å²) in [4.78, 5) is 61.6. The van der Waals surface area contributed by atoms with Crippen molar-refractivity contribution in [2.45, 2.75) is 111 Å². The second-order valence-corrected chi connectivity index (χ2v) is 14.3. The maximum Gasteiger partial charge on any atom is 0.245 e. The van der Waals surface area contributed by atoms with Crippen LogP contribution in [0.1, 0.15) is 74.1 Å². The van der Waals surface area contributed by atoms with Gasteiger partial charge in [0.2, 0.25) is 23.6 Å². The van der Waals surface area contributed by atoms with Gasteiger partial charge in [0.25, 0.3) is 0 Å². The van der Waals surface area contributed by atoms with Crippen molar-refractivity contribution < 1.29 is 28.7 Å². The summed E-state index contributed by atoms with van der Waals surface area (Å²) in [7, 11) is 12.4. The number of rotatable bonds is 19. The van der Waals surface area contributed by atoms with Crippen LogP contribution in [0.25, 0.3) is 0 Å². The lowest BCUT2D eigenvalue weighted by atomic mass is 9.89. The minimum absolute atomic E-state index is 0.0157. The predicted molar refractivity (Wildman–Crippen MR) is 182 cm³/mol. The van der Waals surface area contributed by atoms with Gasteiger partial charge in [-0.25, -0.2) is 0 Å². The maximum absolute atomic E-state index is 14.1.